The molecule has 0 bridgehead atoms. The van der Waals surface area contributed by atoms with Gasteiger partial charge in [-0.25, -0.2) is 4.90 Å². The van der Waals surface area contributed by atoms with Crippen molar-refractivity contribution in [2.45, 2.75) is 6.92 Å². The largest absolute Gasteiger partial charge is 0.496 e. The zero-order valence-corrected chi connectivity index (χ0v) is 17.5. The monoisotopic (exact) mass is 428 g/mol. The van der Waals surface area contributed by atoms with Crippen LogP contribution in [0.25, 0.3) is 5.57 Å². The van der Waals surface area contributed by atoms with Gasteiger partial charge in [0.25, 0.3) is 11.8 Å². The van der Waals surface area contributed by atoms with Gasteiger partial charge in [0.05, 0.1) is 18.4 Å². The molecule has 3 aromatic carbocycles. The van der Waals surface area contributed by atoms with Crippen molar-refractivity contribution in [3.63, 3.8) is 0 Å². The van der Waals surface area contributed by atoms with Crippen LogP contribution in [0.1, 0.15) is 11.1 Å². The molecule has 160 valence electrons. The summed E-state index contributed by atoms with van der Waals surface area (Å²) >= 11 is 0. The summed E-state index contributed by atoms with van der Waals surface area (Å²) in [6, 6.07) is 19.6. The number of fused-ring (bicyclic) bond motifs is 1. The van der Waals surface area contributed by atoms with E-state index in [2.05, 4.69) is 5.32 Å². The highest BCUT2D eigenvalue weighted by Crippen LogP contribution is 2.39. The summed E-state index contributed by atoms with van der Waals surface area (Å²) in [5, 5.41) is 3.14. The molecule has 1 N–H and O–H groups in total. The molecule has 0 aliphatic carbocycles. The summed E-state index contributed by atoms with van der Waals surface area (Å²) in [6.45, 7) is 2.09. The van der Waals surface area contributed by atoms with Crippen LogP contribution in [-0.4, -0.2) is 25.7 Å². The minimum absolute atomic E-state index is 0.145. The summed E-state index contributed by atoms with van der Waals surface area (Å²) in [6.07, 6.45) is 0. The van der Waals surface area contributed by atoms with E-state index in [-0.39, 0.29) is 18.1 Å². The van der Waals surface area contributed by atoms with Crippen LogP contribution in [0.5, 0.6) is 17.2 Å². The van der Waals surface area contributed by atoms with E-state index < -0.39 is 11.8 Å². The van der Waals surface area contributed by atoms with E-state index in [0.717, 1.165) is 5.56 Å². The molecule has 0 fully saturated rings. The zero-order valence-electron chi connectivity index (χ0n) is 17.5. The van der Waals surface area contributed by atoms with E-state index in [1.807, 2.05) is 25.1 Å². The number of carbonyl (C=O) groups is 2. The Morgan fingerprint density at radius 3 is 2.44 bits per heavy atom. The molecular formula is C25H20N2O5. The van der Waals surface area contributed by atoms with Gasteiger partial charge < -0.3 is 19.5 Å². The van der Waals surface area contributed by atoms with Crippen LogP contribution in [0.15, 0.2) is 72.4 Å². The second-order valence-corrected chi connectivity index (χ2v) is 7.42. The molecule has 3 aromatic rings. The van der Waals surface area contributed by atoms with Gasteiger partial charge in [0.2, 0.25) is 6.79 Å². The Morgan fingerprint density at radius 2 is 1.66 bits per heavy atom. The third kappa shape index (κ3) is 3.24. The van der Waals surface area contributed by atoms with Crippen molar-refractivity contribution in [1.82, 2.24) is 0 Å². The SMILES string of the molecule is COc1ccccc1C1=C(Nc2ccc3c(c2)OCO3)C(=O)N(c2ccc(C)cc2)C1=O. The maximum absolute atomic E-state index is 13.6. The number of para-hydroxylation sites is 1. The molecule has 0 saturated heterocycles. The minimum atomic E-state index is -0.447. The molecule has 0 unspecified atom stereocenters. The predicted molar refractivity (Wildman–Crippen MR) is 120 cm³/mol. The van der Waals surface area contributed by atoms with E-state index in [1.54, 1.807) is 48.5 Å². The molecule has 0 atom stereocenters. The van der Waals surface area contributed by atoms with Crippen LogP contribution >= 0.6 is 0 Å². The molecule has 0 saturated carbocycles. The lowest BCUT2D eigenvalue weighted by Gasteiger charge is -2.16. The fraction of sp³-hybridized carbons (Fsp3) is 0.120. The Bertz CT molecular complexity index is 1260. The molecule has 32 heavy (non-hydrogen) atoms. The lowest BCUT2D eigenvalue weighted by atomic mass is 10.0. The Labute approximate surface area is 184 Å². The first kappa shape index (κ1) is 19.7. The molecular weight excluding hydrogens is 408 g/mol. The molecule has 2 aliphatic rings. The number of amides is 2. The Morgan fingerprint density at radius 1 is 0.906 bits per heavy atom. The lowest BCUT2D eigenvalue weighted by molar-refractivity contribution is -0.120. The van der Waals surface area contributed by atoms with Crippen LogP contribution in [-0.2, 0) is 9.59 Å². The van der Waals surface area contributed by atoms with Crippen molar-refractivity contribution in [3.05, 3.63) is 83.6 Å². The van der Waals surface area contributed by atoms with E-state index >= 15 is 0 Å². The van der Waals surface area contributed by atoms with Crippen molar-refractivity contribution in [2.24, 2.45) is 0 Å². The molecule has 2 aliphatic heterocycles. The van der Waals surface area contributed by atoms with Crippen molar-refractivity contribution < 1.29 is 23.8 Å². The molecule has 2 heterocycles. The van der Waals surface area contributed by atoms with Gasteiger partial charge in [-0.2, -0.15) is 0 Å². The highest BCUT2D eigenvalue weighted by Gasteiger charge is 2.41. The Kier molecular flexibility index (Phi) is 4.78. The average Bonchev–Trinajstić information content (AvgIpc) is 3.37. The van der Waals surface area contributed by atoms with Gasteiger partial charge in [-0.05, 0) is 37.3 Å². The molecule has 7 heteroatoms. The fourth-order valence-corrected chi connectivity index (χ4v) is 3.79. The van der Waals surface area contributed by atoms with Crippen LogP contribution in [0.3, 0.4) is 0 Å². The number of methoxy groups -OCH3 is 1. The summed E-state index contributed by atoms with van der Waals surface area (Å²) in [5.74, 6) is 0.828. The minimum Gasteiger partial charge on any atom is -0.496 e. The Balaban J connectivity index is 1.62. The van der Waals surface area contributed by atoms with Gasteiger partial charge in [0.15, 0.2) is 11.5 Å². The third-order valence-corrected chi connectivity index (χ3v) is 5.39. The summed E-state index contributed by atoms with van der Waals surface area (Å²) in [4.78, 5) is 28.3. The van der Waals surface area contributed by atoms with Crippen LogP contribution in [0, 0.1) is 6.92 Å². The second kappa shape index (κ2) is 7.77. The number of nitrogens with one attached hydrogen (secondary N) is 1. The molecule has 0 radical (unpaired) electrons. The van der Waals surface area contributed by atoms with Crippen molar-refractivity contribution in [3.8, 4) is 17.2 Å². The second-order valence-electron chi connectivity index (χ2n) is 7.42. The fourth-order valence-electron chi connectivity index (χ4n) is 3.79. The number of imide groups is 1. The van der Waals surface area contributed by atoms with Gasteiger partial charge in [0, 0.05) is 17.3 Å². The third-order valence-electron chi connectivity index (χ3n) is 5.39. The highest BCUT2D eigenvalue weighted by atomic mass is 16.7. The van der Waals surface area contributed by atoms with Crippen LogP contribution in [0.2, 0.25) is 0 Å². The van der Waals surface area contributed by atoms with E-state index in [0.29, 0.717) is 34.2 Å². The number of anilines is 2. The lowest BCUT2D eigenvalue weighted by Crippen LogP contribution is -2.32. The van der Waals surface area contributed by atoms with E-state index in [4.69, 9.17) is 14.2 Å². The standard InChI is InChI=1S/C25H20N2O5/c1-15-7-10-17(11-8-15)27-24(28)22(18-5-3-4-6-19(18)30-2)23(25(27)29)26-16-9-12-20-21(13-16)32-14-31-20/h3-13,26H,14H2,1-2H3. The Hall–Kier alpha value is -4.26. The molecule has 2 amide bonds. The maximum atomic E-state index is 13.6. The maximum Gasteiger partial charge on any atom is 0.282 e. The zero-order chi connectivity index (χ0) is 22.2. The van der Waals surface area contributed by atoms with Crippen molar-refractivity contribution in [1.29, 1.82) is 0 Å². The van der Waals surface area contributed by atoms with Crippen molar-refractivity contribution in [2.75, 3.05) is 24.1 Å². The number of carbonyl (C=O) groups excluding carboxylic acids is 2. The van der Waals surface area contributed by atoms with Crippen molar-refractivity contribution >= 4 is 28.8 Å². The summed E-state index contributed by atoms with van der Waals surface area (Å²) in [7, 11) is 1.53. The molecule has 5 rings (SSSR count). The van der Waals surface area contributed by atoms with Gasteiger partial charge in [-0.3, -0.25) is 9.59 Å². The van der Waals surface area contributed by atoms with Gasteiger partial charge >= 0.3 is 0 Å². The first-order valence-corrected chi connectivity index (χ1v) is 10.1. The number of hydrogen-bond donors (Lipinski definition) is 1. The number of hydrogen-bond acceptors (Lipinski definition) is 6. The number of aryl methyl sites for hydroxylation is 1. The molecule has 7 nitrogen and oxygen atoms in total. The first-order valence-electron chi connectivity index (χ1n) is 10.1. The average molecular weight is 428 g/mol. The number of benzene rings is 3. The highest BCUT2D eigenvalue weighted by molar-refractivity contribution is 6.46. The van der Waals surface area contributed by atoms with Crippen LogP contribution in [0.4, 0.5) is 11.4 Å². The van der Waals surface area contributed by atoms with Gasteiger partial charge in [-0.15, -0.1) is 0 Å². The number of rotatable bonds is 5. The van der Waals surface area contributed by atoms with Gasteiger partial charge in [-0.1, -0.05) is 35.9 Å². The first-order chi connectivity index (χ1) is 15.6. The van der Waals surface area contributed by atoms with E-state index in [1.165, 1.54) is 12.0 Å². The topological polar surface area (TPSA) is 77.1 Å². The summed E-state index contributed by atoms with van der Waals surface area (Å²) < 4.78 is 16.3. The normalized spacial score (nSPS) is 14.9. The quantitative estimate of drug-likeness (QED) is 0.616. The molecule has 0 aromatic heterocycles. The van der Waals surface area contributed by atoms with Gasteiger partial charge in [0.1, 0.15) is 11.4 Å². The molecule has 0 spiro atoms. The predicted octanol–water partition coefficient (Wildman–Crippen LogP) is 4.13. The van der Waals surface area contributed by atoms with Crippen LogP contribution < -0.4 is 24.4 Å². The number of ether oxygens (including phenoxy) is 3. The number of nitrogens with zero attached hydrogens (tertiary/aromatic N) is 1. The smallest absolute Gasteiger partial charge is 0.282 e. The van der Waals surface area contributed by atoms with E-state index in [9.17, 15) is 9.59 Å². The summed E-state index contributed by atoms with van der Waals surface area (Å²) in [5.41, 5.74) is 3.07.